The second-order valence-electron chi connectivity index (χ2n) is 6.53. The standard InChI is InChI=1S/C21H23N3/c1-23-20-13-15-24(16-17-8-4-2-5-9-17)14-12-19(20)21(22-23)18-10-6-3-7-11-18/h2-11H,12-16H2,1H3. The lowest BCUT2D eigenvalue weighted by Gasteiger charge is -2.20. The summed E-state index contributed by atoms with van der Waals surface area (Å²) >= 11 is 0. The van der Waals surface area contributed by atoms with Gasteiger partial charge in [-0.25, -0.2) is 0 Å². The van der Waals surface area contributed by atoms with Crippen molar-refractivity contribution in [1.29, 1.82) is 0 Å². The smallest absolute Gasteiger partial charge is 0.0958 e. The van der Waals surface area contributed by atoms with Crippen molar-refractivity contribution in [3.63, 3.8) is 0 Å². The first-order valence-electron chi connectivity index (χ1n) is 8.68. The van der Waals surface area contributed by atoms with Crippen molar-refractivity contribution < 1.29 is 0 Å². The molecule has 3 aromatic rings. The van der Waals surface area contributed by atoms with E-state index in [1.807, 2.05) is 0 Å². The number of rotatable bonds is 3. The number of aromatic nitrogens is 2. The van der Waals surface area contributed by atoms with E-state index in [1.165, 1.54) is 22.4 Å². The highest BCUT2D eigenvalue weighted by molar-refractivity contribution is 5.64. The summed E-state index contributed by atoms with van der Waals surface area (Å²) in [4.78, 5) is 2.56. The van der Waals surface area contributed by atoms with Crippen LogP contribution in [0.25, 0.3) is 11.3 Å². The summed E-state index contributed by atoms with van der Waals surface area (Å²) in [5.74, 6) is 0. The minimum absolute atomic E-state index is 1.03. The van der Waals surface area contributed by atoms with Gasteiger partial charge in [0, 0.05) is 49.9 Å². The largest absolute Gasteiger partial charge is 0.298 e. The molecule has 1 aliphatic heterocycles. The Hall–Kier alpha value is -2.39. The monoisotopic (exact) mass is 317 g/mol. The van der Waals surface area contributed by atoms with Gasteiger partial charge >= 0.3 is 0 Å². The van der Waals surface area contributed by atoms with Gasteiger partial charge in [0.05, 0.1) is 5.69 Å². The molecule has 122 valence electrons. The van der Waals surface area contributed by atoms with Gasteiger partial charge in [0.15, 0.2) is 0 Å². The van der Waals surface area contributed by atoms with Crippen LogP contribution >= 0.6 is 0 Å². The van der Waals surface area contributed by atoms with Crippen molar-refractivity contribution >= 4 is 0 Å². The highest BCUT2D eigenvalue weighted by Gasteiger charge is 2.22. The number of benzene rings is 2. The van der Waals surface area contributed by atoms with Crippen LogP contribution in [0.3, 0.4) is 0 Å². The van der Waals surface area contributed by atoms with Crippen molar-refractivity contribution in [3.8, 4) is 11.3 Å². The first-order valence-corrected chi connectivity index (χ1v) is 8.68. The van der Waals surface area contributed by atoms with Crippen LogP contribution in [-0.2, 0) is 26.4 Å². The fourth-order valence-corrected chi connectivity index (χ4v) is 3.65. The first-order chi connectivity index (χ1) is 11.8. The molecule has 24 heavy (non-hydrogen) atoms. The third-order valence-corrected chi connectivity index (χ3v) is 4.91. The molecule has 0 spiro atoms. The molecule has 2 heterocycles. The Morgan fingerprint density at radius 3 is 2.29 bits per heavy atom. The molecule has 0 unspecified atom stereocenters. The molecule has 2 aromatic carbocycles. The van der Waals surface area contributed by atoms with Crippen molar-refractivity contribution in [2.45, 2.75) is 19.4 Å². The lowest BCUT2D eigenvalue weighted by molar-refractivity contribution is 0.278. The molecule has 0 saturated carbocycles. The van der Waals surface area contributed by atoms with E-state index in [1.54, 1.807) is 0 Å². The fraction of sp³-hybridized carbons (Fsp3) is 0.286. The van der Waals surface area contributed by atoms with E-state index < -0.39 is 0 Å². The van der Waals surface area contributed by atoms with Crippen LogP contribution in [0.15, 0.2) is 60.7 Å². The predicted octanol–water partition coefficient (Wildman–Crippen LogP) is 3.69. The van der Waals surface area contributed by atoms with E-state index in [9.17, 15) is 0 Å². The molecule has 0 fully saturated rings. The van der Waals surface area contributed by atoms with Crippen molar-refractivity contribution in [2.75, 3.05) is 13.1 Å². The SMILES string of the molecule is Cn1nc(-c2ccccc2)c2c1CCN(Cc1ccccc1)CC2. The molecule has 0 aliphatic carbocycles. The molecule has 1 aliphatic rings. The third-order valence-electron chi connectivity index (χ3n) is 4.91. The number of hydrogen-bond acceptors (Lipinski definition) is 2. The quantitative estimate of drug-likeness (QED) is 0.734. The van der Waals surface area contributed by atoms with Gasteiger partial charge in [-0.15, -0.1) is 0 Å². The minimum atomic E-state index is 1.03. The highest BCUT2D eigenvalue weighted by atomic mass is 15.3. The van der Waals surface area contributed by atoms with E-state index in [2.05, 4.69) is 77.3 Å². The summed E-state index contributed by atoms with van der Waals surface area (Å²) in [5.41, 5.74) is 6.61. The number of nitrogens with zero attached hydrogens (tertiary/aromatic N) is 3. The number of hydrogen-bond donors (Lipinski definition) is 0. The highest BCUT2D eigenvalue weighted by Crippen LogP contribution is 2.28. The van der Waals surface area contributed by atoms with Gasteiger partial charge < -0.3 is 0 Å². The van der Waals surface area contributed by atoms with Gasteiger partial charge in [0.2, 0.25) is 0 Å². The van der Waals surface area contributed by atoms with Gasteiger partial charge in [-0.1, -0.05) is 60.7 Å². The zero-order valence-corrected chi connectivity index (χ0v) is 14.2. The van der Waals surface area contributed by atoms with E-state index in [0.717, 1.165) is 38.2 Å². The van der Waals surface area contributed by atoms with Crippen LogP contribution in [0.2, 0.25) is 0 Å². The van der Waals surface area contributed by atoms with Crippen molar-refractivity contribution in [1.82, 2.24) is 14.7 Å². The van der Waals surface area contributed by atoms with Crippen LogP contribution in [0.4, 0.5) is 0 Å². The Morgan fingerprint density at radius 2 is 1.54 bits per heavy atom. The lowest BCUT2D eigenvalue weighted by Crippen LogP contribution is -2.26. The van der Waals surface area contributed by atoms with Crippen LogP contribution in [-0.4, -0.2) is 27.8 Å². The zero-order chi connectivity index (χ0) is 16.4. The Morgan fingerprint density at radius 1 is 0.875 bits per heavy atom. The molecular formula is C21H23N3. The number of aryl methyl sites for hydroxylation is 1. The van der Waals surface area contributed by atoms with Crippen LogP contribution in [0.1, 0.15) is 16.8 Å². The normalized spacial score (nSPS) is 15.0. The Balaban J connectivity index is 1.57. The fourth-order valence-electron chi connectivity index (χ4n) is 3.65. The van der Waals surface area contributed by atoms with E-state index in [0.29, 0.717) is 0 Å². The predicted molar refractivity (Wildman–Crippen MR) is 97.8 cm³/mol. The molecule has 0 saturated heterocycles. The summed E-state index contributed by atoms with van der Waals surface area (Å²) in [6.45, 7) is 3.21. The first kappa shape index (κ1) is 15.2. The van der Waals surface area contributed by atoms with Crippen LogP contribution in [0, 0.1) is 0 Å². The zero-order valence-electron chi connectivity index (χ0n) is 14.2. The molecule has 0 atom stereocenters. The molecule has 3 heteroatoms. The molecule has 1 aromatic heterocycles. The van der Waals surface area contributed by atoms with E-state index >= 15 is 0 Å². The summed E-state index contributed by atoms with van der Waals surface area (Å²) in [6, 6.07) is 21.3. The van der Waals surface area contributed by atoms with Gasteiger partial charge in [-0.05, 0) is 12.0 Å². The molecule has 0 amide bonds. The van der Waals surface area contributed by atoms with Crippen molar-refractivity contribution in [3.05, 3.63) is 77.5 Å². The van der Waals surface area contributed by atoms with Crippen LogP contribution < -0.4 is 0 Å². The molecule has 3 nitrogen and oxygen atoms in total. The number of fused-ring (bicyclic) bond motifs is 1. The van der Waals surface area contributed by atoms with Crippen LogP contribution in [0.5, 0.6) is 0 Å². The van der Waals surface area contributed by atoms with E-state index in [-0.39, 0.29) is 0 Å². The maximum atomic E-state index is 4.81. The molecule has 0 N–H and O–H groups in total. The van der Waals surface area contributed by atoms with Gasteiger partial charge in [-0.3, -0.25) is 9.58 Å². The van der Waals surface area contributed by atoms with E-state index in [4.69, 9.17) is 5.10 Å². The second kappa shape index (κ2) is 6.62. The summed E-state index contributed by atoms with van der Waals surface area (Å²) < 4.78 is 2.09. The Labute approximate surface area is 143 Å². The summed E-state index contributed by atoms with van der Waals surface area (Å²) in [5, 5.41) is 4.81. The lowest BCUT2D eigenvalue weighted by atomic mass is 10.0. The van der Waals surface area contributed by atoms with Gasteiger partial charge in [-0.2, -0.15) is 5.10 Å². The molecular weight excluding hydrogens is 294 g/mol. The average Bonchev–Trinajstić information content (AvgIpc) is 2.80. The molecule has 0 radical (unpaired) electrons. The third kappa shape index (κ3) is 3.00. The van der Waals surface area contributed by atoms with Gasteiger partial charge in [0.1, 0.15) is 0 Å². The topological polar surface area (TPSA) is 21.1 Å². The maximum Gasteiger partial charge on any atom is 0.0958 e. The summed E-state index contributed by atoms with van der Waals surface area (Å²) in [7, 11) is 2.08. The Kier molecular flexibility index (Phi) is 4.18. The molecule has 4 rings (SSSR count). The maximum absolute atomic E-state index is 4.81. The Bertz CT molecular complexity index is 806. The average molecular weight is 317 g/mol. The summed E-state index contributed by atoms with van der Waals surface area (Å²) in [6.07, 6.45) is 2.14. The minimum Gasteiger partial charge on any atom is -0.298 e. The second-order valence-corrected chi connectivity index (χ2v) is 6.53. The van der Waals surface area contributed by atoms with Crippen molar-refractivity contribution in [2.24, 2.45) is 7.05 Å². The molecule has 0 bridgehead atoms. The van der Waals surface area contributed by atoms with Gasteiger partial charge in [0.25, 0.3) is 0 Å².